The molecule has 0 aliphatic heterocycles. The fourth-order valence-electron chi connectivity index (χ4n) is 1.50. The lowest BCUT2D eigenvalue weighted by atomic mass is 10.3. The standard InChI is InChI=1S/C12H11BrClN3O2/c1-2-19-11-9(13)5-8(14)6-10(11)16-12(18)17-4-3-15-7-17/h3-7H,2H2,1H3,(H,16,18). The molecule has 1 N–H and O–H groups in total. The Kier molecular flexibility index (Phi) is 4.44. The monoisotopic (exact) mass is 343 g/mol. The first-order valence-electron chi connectivity index (χ1n) is 5.53. The number of nitrogens with zero attached hydrogens (tertiary/aromatic N) is 2. The quantitative estimate of drug-likeness (QED) is 0.922. The second kappa shape index (κ2) is 6.08. The van der Waals surface area contributed by atoms with Gasteiger partial charge in [-0.3, -0.25) is 4.57 Å². The van der Waals surface area contributed by atoms with E-state index in [1.165, 1.54) is 17.1 Å². The normalized spacial score (nSPS) is 10.3. The van der Waals surface area contributed by atoms with Crippen LogP contribution in [0.15, 0.2) is 35.3 Å². The molecule has 1 aromatic carbocycles. The Labute approximate surface area is 123 Å². The lowest BCUT2D eigenvalue weighted by Crippen LogP contribution is -2.18. The maximum atomic E-state index is 12.0. The van der Waals surface area contributed by atoms with Gasteiger partial charge in [-0.05, 0) is 35.0 Å². The van der Waals surface area contributed by atoms with Crippen molar-refractivity contribution in [1.29, 1.82) is 0 Å². The van der Waals surface area contributed by atoms with Gasteiger partial charge in [-0.25, -0.2) is 9.78 Å². The van der Waals surface area contributed by atoms with Crippen molar-refractivity contribution in [3.8, 4) is 5.75 Å². The molecular weight excluding hydrogens is 334 g/mol. The Morgan fingerprint density at radius 1 is 1.58 bits per heavy atom. The highest BCUT2D eigenvalue weighted by Gasteiger charge is 2.13. The van der Waals surface area contributed by atoms with Crippen LogP contribution in [0.3, 0.4) is 0 Å². The minimum absolute atomic E-state index is 0.340. The van der Waals surface area contributed by atoms with Crippen LogP contribution in [0.5, 0.6) is 5.75 Å². The SMILES string of the molecule is CCOc1c(Br)cc(Cl)cc1NC(=O)n1ccnc1. The van der Waals surface area contributed by atoms with Gasteiger partial charge in [-0.1, -0.05) is 11.6 Å². The number of rotatable bonds is 3. The third kappa shape index (κ3) is 3.27. The summed E-state index contributed by atoms with van der Waals surface area (Å²) in [6.07, 6.45) is 4.49. The van der Waals surface area contributed by atoms with Crippen LogP contribution in [0.2, 0.25) is 5.02 Å². The van der Waals surface area contributed by atoms with Crippen molar-refractivity contribution in [1.82, 2.24) is 9.55 Å². The van der Waals surface area contributed by atoms with E-state index < -0.39 is 0 Å². The molecule has 0 fully saturated rings. The third-order valence-electron chi connectivity index (χ3n) is 2.28. The Morgan fingerprint density at radius 2 is 2.37 bits per heavy atom. The van der Waals surface area contributed by atoms with Crippen LogP contribution < -0.4 is 10.1 Å². The highest BCUT2D eigenvalue weighted by Crippen LogP contribution is 2.36. The van der Waals surface area contributed by atoms with E-state index in [0.717, 1.165) is 0 Å². The van der Waals surface area contributed by atoms with E-state index in [0.29, 0.717) is 27.5 Å². The van der Waals surface area contributed by atoms with Gasteiger partial charge in [0.05, 0.1) is 16.8 Å². The molecule has 0 atom stereocenters. The Bertz CT molecular complexity index is 587. The molecular formula is C12H11BrClN3O2. The fourth-order valence-corrected chi connectivity index (χ4v) is 2.43. The molecule has 0 unspecified atom stereocenters. The first-order valence-corrected chi connectivity index (χ1v) is 6.70. The van der Waals surface area contributed by atoms with E-state index in [-0.39, 0.29) is 6.03 Å². The zero-order valence-corrected chi connectivity index (χ0v) is 12.4. The van der Waals surface area contributed by atoms with E-state index in [4.69, 9.17) is 16.3 Å². The molecule has 0 spiro atoms. The van der Waals surface area contributed by atoms with Crippen LogP contribution in [0, 0.1) is 0 Å². The summed E-state index contributed by atoms with van der Waals surface area (Å²) in [5.41, 5.74) is 0.500. The van der Waals surface area contributed by atoms with Crippen LogP contribution in [0.1, 0.15) is 6.92 Å². The number of carbonyl (C=O) groups is 1. The summed E-state index contributed by atoms with van der Waals surface area (Å²) in [5.74, 6) is 0.542. The summed E-state index contributed by atoms with van der Waals surface area (Å²) in [4.78, 5) is 15.8. The molecule has 100 valence electrons. The van der Waals surface area contributed by atoms with Gasteiger partial charge in [0.25, 0.3) is 0 Å². The maximum Gasteiger partial charge on any atom is 0.331 e. The van der Waals surface area contributed by atoms with Gasteiger partial charge in [0.15, 0.2) is 5.75 Å². The lowest BCUT2D eigenvalue weighted by Gasteiger charge is -2.13. The Morgan fingerprint density at radius 3 is 3.00 bits per heavy atom. The topological polar surface area (TPSA) is 56.1 Å². The highest BCUT2D eigenvalue weighted by atomic mass is 79.9. The molecule has 2 aromatic rings. The highest BCUT2D eigenvalue weighted by molar-refractivity contribution is 9.10. The van der Waals surface area contributed by atoms with Crippen LogP contribution in [0.25, 0.3) is 0 Å². The molecule has 5 nitrogen and oxygen atoms in total. The van der Waals surface area contributed by atoms with Crippen molar-refractivity contribution >= 4 is 39.2 Å². The molecule has 0 saturated heterocycles. The summed E-state index contributed by atoms with van der Waals surface area (Å²) in [7, 11) is 0. The summed E-state index contributed by atoms with van der Waals surface area (Å²) in [6.45, 7) is 2.34. The molecule has 0 radical (unpaired) electrons. The molecule has 7 heteroatoms. The first-order chi connectivity index (χ1) is 9.11. The van der Waals surface area contributed by atoms with Gasteiger partial charge >= 0.3 is 6.03 Å². The number of ether oxygens (including phenoxy) is 1. The van der Waals surface area contributed by atoms with Crippen LogP contribution in [-0.4, -0.2) is 22.2 Å². The Hall–Kier alpha value is -1.53. The van der Waals surface area contributed by atoms with Gasteiger partial charge in [-0.2, -0.15) is 0 Å². The van der Waals surface area contributed by atoms with Gasteiger partial charge in [0, 0.05) is 17.4 Å². The van der Waals surface area contributed by atoms with E-state index in [1.54, 1.807) is 18.3 Å². The summed E-state index contributed by atoms with van der Waals surface area (Å²) in [6, 6.07) is 3.00. The Balaban J connectivity index is 2.30. The lowest BCUT2D eigenvalue weighted by molar-refractivity contribution is 0.253. The van der Waals surface area contributed by atoms with Crippen molar-refractivity contribution in [3.63, 3.8) is 0 Å². The van der Waals surface area contributed by atoms with Gasteiger partial charge < -0.3 is 10.1 Å². The minimum Gasteiger partial charge on any atom is -0.491 e. The average Bonchev–Trinajstić information content (AvgIpc) is 2.87. The smallest absolute Gasteiger partial charge is 0.331 e. The number of amides is 1. The zero-order chi connectivity index (χ0) is 13.8. The second-order valence-corrected chi connectivity index (χ2v) is 4.89. The second-order valence-electron chi connectivity index (χ2n) is 3.60. The first kappa shape index (κ1) is 13.9. The van der Waals surface area contributed by atoms with Crippen LogP contribution in [-0.2, 0) is 0 Å². The maximum absolute atomic E-state index is 12.0. The van der Waals surface area contributed by atoms with Gasteiger partial charge in [0.2, 0.25) is 0 Å². The summed E-state index contributed by atoms with van der Waals surface area (Å²) in [5, 5.41) is 3.22. The molecule has 19 heavy (non-hydrogen) atoms. The minimum atomic E-state index is -0.340. The van der Waals surface area contributed by atoms with E-state index in [2.05, 4.69) is 26.2 Å². The van der Waals surface area contributed by atoms with E-state index >= 15 is 0 Å². The molecule has 0 aliphatic carbocycles. The number of hydrogen-bond acceptors (Lipinski definition) is 3. The molecule has 1 aromatic heterocycles. The molecule has 2 rings (SSSR count). The van der Waals surface area contributed by atoms with E-state index in [1.807, 2.05) is 6.92 Å². The van der Waals surface area contributed by atoms with Gasteiger partial charge in [0.1, 0.15) is 6.33 Å². The summed E-state index contributed by atoms with van der Waals surface area (Å²) < 4.78 is 7.50. The number of aromatic nitrogens is 2. The molecule has 1 amide bonds. The number of hydrogen-bond donors (Lipinski definition) is 1. The fraction of sp³-hybridized carbons (Fsp3) is 0.167. The van der Waals surface area contributed by atoms with Crippen molar-refractivity contribution < 1.29 is 9.53 Å². The van der Waals surface area contributed by atoms with Crippen molar-refractivity contribution in [3.05, 3.63) is 40.3 Å². The van der Waals surface area contributed by atoms with Crippen molar-refractivity contribution in [2.24, 2.45) is 0 Å². The molecule has 1 heterocycles. The average molecular weight is 345 g/mol. The van der Waals surface area contributed by atoms with Crippen molar-refractivity contribution in [2.45, 2.75) is 6.92 Å². The van der Waals surface area contributed by atoms with Gasteiger partial charge in [-0.15, -0.1) is 0 Å². The van der Waals surface area contributed by atoms with Crippen molar-refractivity contribution in [2.75, 3.05) is 11.9 Å². The van der Waals surface area contributed by atoms with Crippen LogP contribution in [0.4, 0.5) is 10.5 Å². The molecule has 0 bridgehead atoms. The van der Waals surface area contributed by atoms with E-state index in [9.17, 15) is 4.79 Å². The van der Waals surface area contributed by atoms with Crippen LogP contribution >= 0.6 is 27.5 Å². The molecule has 0 aliphatic rings. The number of carbonyl (C=O) groups excluding carboxylic acids is 1. The number of imidazole rings is 1. The number of halogens is 2. The predicted molar refractivity (Wildman–Crippen MR) is 77.0 cm³/mol. The number of benzene rings is 1. The molecule has 0 saturated carbocycles. The number of nitrogens with one attached hydrogen (secondary N) is 1. The summed E-state index contributed by atoms with van der Waals surface area (Å²) >= 11 is 9.33. The number of anilines is 1. The zero-order valence-electron chi connectivity index (χ0n) is 10.1. The predicted octanol–water partition coefficient (Wildman–Crippen LogP) is 3.78. The third-order valence-corrected chi connectivity index (χ3v) is 3.08. The largest absolute Gasteiger partial charge is 0.491 e.